The number of hydrogen-bond acceptors (Lipinski definition) is 2. The number of rotatable bonds is 5. The molecule has 2 amide bonds. The van der Waals surface area contributed by atoms with Gasteiger partial charge in [0.1, 0.15) is 5.41 Å². The third-order valence-electron chi connectivity index (χ3n) is 3.57. The van der Waals surface area contributed by atoms with E-state index in [0.717, 1.165) is 22.1 Å². The Balaban J connectivity index is 2.04. The van der Waals surface area contributed by atoms with Gasteiger partial charge >= 0.3 is 0 Å². The molecule has 2 rings (SSSR count). The van der Waals surface area contributed by atoms with E-state index >= 15 is 0 Å². The highest BCUT2D eigenvalue weighted by molar-refractivity contribution is 9.10. The maximum atomic E-state index is 12.3. The van der Waals surface area contributed by atoms with Crippen molar-refractivity contribution in [3.8, 4) is 0 Å². The molecule has 0 unspecified atom stereocenters. The molecular weight excluding hydrogens is 320 g/mol. The molecule has 0 atom stereocenters. The summed E-state index contributed by atoms with van der Waals surface area (Å²) in [5.41, 5.74) is 0.921. The summed E-state index contributed by atoms with van der Waals surface area (Å²) in [5, 5.41) is 5.66. The van der Waals surface area contributed by atoms with Crippen molar-refractivity contribution in [1.29, 1.82) is 0 Å². The number of anilines is 1. The summed E-state index contributed by atoms with van der Waals surface area (Å²) in [5.74, 6) is -0.349. The molecule has 20 heavy (non-hydrogen) atoms. The van der Waals surface area contributed by atoms with Gasteiger partial charge in [-0.05, 0) is 49.9 Å². The van der Waals surface area contributed by atoms with Gasteiger partial charge in [0.05, 0.1) is 0 Å². The number of halogens is 1. The topological polar surface area (TPSA) is 58.2 Å². The third-order valence-corrected chi connectivity index (χ3v) is 4.46. The number of nitrogens with one attached hydrogen (secondary N) is 2. The minimum Gasteiger partial charge on any atom is -0.355 e. The van der Waals surface area contributed by atoms with Crippen LogP contribution in [0.25, 0.3) is 0 Å². The fourth-order valence-electron chi connectivity index (χ4n) is 2.06. The SMILES string of the molecule is CCCNC(=O)C1(C(=O)Nc2ccc(Br)c(C)c2)CC1. The maximum Gasteiger partial charge on any atom is 0.240 e. The van der Waals surface area contributed by atoms with E-state index in [1.807, 2.05) is 32.0 Å². The zero-order chi connectivity index (χ0) is 14.8. The Hall–Kier alpha value is -1.36. The Labute approximate surface area is 127 Å². The molecule has 0 spiro atoms. The molecular formula is C15H19BrN2O2. The van der Waals surface area contributed by atoms with E-state index in [-0.39, 0.29) is 11.8 Å². The summed E-state index contributed by atoms with van der Waals surface area (Å²) in [4.78, 5) is 24.4. The van der Waals surface area contributed by atoms with Gasteiger partial charge in [-0.1, -0.05) is 22.9 Å². The highest BCUT2D eigenvalue weighted by Gasteiger charge is 2.56. The van der Waals surface area contributed by atoms with Gasteiger partial charge in [0.2, 0.25) is 11.8 Å². The van der Waals surface area contributed by atoms with E-state index in [1.165, 1.54) is 0 Å². The van der Waals surface area contributed by atoms with Crippen molar-refractivity contribution in [1.82, 2.24) is 5.32 Å². The molecule has 0 saturated heterocycles. The van der Waals surface area contributed by atoms with Crippen LogP contribution in [0.15, 0.2) is 22.7 Å². The second-order valence-corrected chi connectivity index (χ2v) is 6.11. The zero-order valence-corrected chi connectivity index (χ0v) is 13.3. The summed E-state index contributed by atoms with van der Waals surface area (Å²) in [6.45, 7) is 4.57. The molecule has 5 heteroatoms. The molecule has 1 aromatic carbocycles. The summed E-state index contributed by atoms with van der Waals surface area (Å²) in [6, 6.07) is 5.61. The summed E-state index contributed by atoms with van der Waals surface area (Å²) >= 11 is 3.42. The van der Waals surface area contributed by atoms with Crippen molar-refractivity contribution in [2.45, 2.75) is 33.1 Å². The van der Waals surface area contributed by atoms with Gasteiger partial charge in [0.15, 0.2) is 0 Å². The van der Waals surface area contributed by atoms with Gasteiger partial charge in [0, 0.05) is 16.7 Å². The fraction of sp³-hybridized carbons (Fsp3) is 0.467. The lowest BCUT2D eigenvalue weighted by atomic mass is 10.0. The average molecular weight is 339 g/mol. The molecule has 0 heterocycles. The molecule has 0 aliphatic heterocycles. The van der Waals surface area contributed by atoms with E-state index in [0.29, 0.717) is 19.4 Å². The summed E-state index contributed by atoms with van der Waals surface area (Å²) in [7, 11) is 0. The molecule has 0 bridgehead atoms. The number of carbonyl (C=O) groups excluding carboxylic acids is 2. The standard InChI is InChI=1S/C15H19BrN2O2/c1-3-8-17-13(19)15(6-7-15)14(20)18-11-4-5-12(16)10(2)9-11/h4-5,9H,3,6-8H2,1-2H3,(H,17,19)(H,18,20). The van der Waals surface area contributed by atoms with Crippen LogP contribution in [0, 0.1) is 12.3 Å². The number of amides is 2. The van der Waals surface area contributed by atoms with Crippen molar-refractivity contribution in [2.24, 2.45) is 5.41 Å². The molecule has 2 N–H and O–H groups in total. The maximum absolute atomic E-state index is 12.3. The Morgan fingerprint density at radius 1 is 1.30 bits per heavy atom. The van der Waals surface area contributed by atoms with E-state index in [1.54, 1.807) is 0 Å². The zero-order valence-electron chi connectivity index (χ0n) is 11.8. The first-order valence-corrected chi connectivity index (χ1v) is 7.65. The minimum atomic E-state index is -0.851. The molecule has 1 aromatic rings. The van der Waals surface area contributed by atoms with Crippen LogP contribution >= 0.6 is 15.9 Å². The average Bonchev–Trinajstić information content (AvgIpc) is 3.22. The lowest BCUT2D eigenvalue weighted by Gasteiger charge is -2.15. The summed E-state index contributed by atoms with van der Waals surface area (Å²) < 4.78 is 0.998. The van der Waals surface area contributed by atoms with Crippen LogP contribution in [-0.2, 0) is 9.59 Å². The predicted octanol–water partition coefficient (Wildman–Crippen LogP) is 3.00. The first-order valence-electron chi connectivity index (χ1n) is 6.85. The van der Waals surface area contributed by atoms with Crippen LogP contribution in [0.5, 0.6) is 0 Å². The van der Waals surface area contributed by atoms with Gasteiger partial charge in [-0.15, -0.1) is 0 Å². The lowest BCUT2D eigenvalue weighted by molar-refractivity contribution is -0.134. The van der Waals surface area contributed by atoms with Crippen LogP contribution < -0.4 is 10.6 Å². The van der Waals surface area contributed by atoms with Crippen LogP contribution in [0.4, 0.5) is 5.69 Å². The number of carbonyl (C=O) groups is 2. The molecule has 1 aliphatic rings. The second kappa shape index (κ2) is 5.95. The highest BCUT2D eigenvalue weighted by atomic mass is 79.9. The van der Waals surface area contributed by atoms with Crippen LogP contribution in [0.3, 0.4) is 0 Å². The third kappa shape index (κ3) is 3.03. The van der Waals surface area contributed by atoms with Crippen LogP contribution in [0.2, 0.25) is 0 Å². The number of hydrogen-bond donors (Lipinski definition) is 2. The molecule has 1 saturated carbocycles. The Morgan fingerprint density at radius 2 is 2.00 bits per heavy atom. The predicted molar refractivity (Wildman–Crippen MR) is 82.5 cm³/mol. The first kappa shape index (κ1) is 15.0. The van der Waals surface area contributed by atoms with E-state index < -0.39 is 5.41 Å². The monoisotopic (exact) mass is 338 g/mol. The number of aryl methyl sites for hydroxylation is 1. The first-order chi connectivity index (χ1) is 9.49. The van der Waals surface area contributed by atoms with E-state index in [2.05, 4.69) is 26.6 Å². The van der Waals surface area contributed by atoms with Gasteiger partial charge in [0.25, 0.3) is 0 Å². The summed E-state index contributed by atoms with van der Waals surface area (Å²) in [6.07, 6.45) is 2.13. The van der Waals surface area contributed by atoms with Crippen molar-refractivity contribution in [3.63, 3.8) is 0 Å². The van der Waals surface area contributed by atoms with E-state index in [4.69, 9.17) is 0 Å². The fourth-order valence-corrected chi connectivity index (χ4v) is 2.31. The smallest absolute Gasteiger partial charge is 0.240 e. The highest BCUT2D eigenvalue weighted by Crippen LogP contribution is 2.46. The normalized spacial score (nSPS) is 15.6. The molecule has 0 aromatic heterocycles. The van der Waals surface area contributed by atoms with Crippen molar-refractivity contribution < 1.29 is 9.59 Å². The lowest BCUT2D eigenvalue weighted by Crippen LogP contribution is -2.40. The van der Waals surface area contributed by atoms with E-state index in [9.17, 15) is 9.59 Å². The minimum absolute atomic E-state index is 0.148. The Morgan fingerprint density at radius 3 is 2.55 bits per heavy atom. The molecule has 0 radical (unpaired) electrons. The second-order valence-electron chi connectivity index (χ2n) is 5.26. The Bertz CT molecular complexity index is 539. The molecule has 1 aliphatic carbocycles. The van der Waals surface area contributed by atoms with Crippen molar-refractivity contribution >= 4 is 33.4 Å². The van der Waals surface area contributed by atoms with Crippen molar-refractivity contribution in [2.75, 3.05) is 11.9 Å². The Kier molecular flexibility index (Phi) is 4.48. The largest absolute Gasteiger partial charge is 0.355 e. The van der Waals surface area contributed by atoms with Crippen LogP contribution in [-0.4, -0.2) is 18.4 Å². The van der Waals surface area contributed by atoms with Gasteiger partial charge in [-0.2, -0.15) is 0 Å². The molecule has 108 valence electrons. The van der Waals surface area contributed by atoms with Crippen molar-refractivity contribution in [3.05, 3.63) is 28.2 Å². The van der Waals surface area contributed by atoms with Gasteiger partial charge in [-0.25, -0.2) is 0 Å². The van der Waals surface area contributed by atoms with Gasteiger partial charge in [-0.3, -0.25) is 9.59 Å². The molecule has 4 nitrogen and oxygen atoms in total. The number of benzene rings is 1. The quantitative estimate of drug-likeness (QED) is 0.811. The molecule has 1 fully saturated rings. The van der Waals surface area contributed by atoms with Crippen LogP contribution in [0.1, 0.15) is 31.7 Å². The van der Waals surface area contributed by atoms with Gasteiger partial charge < -0.3 is 10.6 Å².